The fraction of sp³-hybridized carbons (Fsp3) is 0.263. The smallest absolute Gasteiger partial charge is 0.325 e. The number of methoxy groups -OCH3 is 2. The number of carbonyl (C=O) groups is 2. The lowest BCUT2D eigenvalue weighted by molar-refractivity contribution is -0.127. The molecular weight excluding hydrogens is 400 g/mol. The number of carbonyl (C=O) groups excluding carboxylic acids is 2. The van der Waals surface area contributed by atoms with Gasteiger partial charge >= 0.3 is 6.03 Å². The largest absolute Gasteiger partial charge is 0.493 e. The molecule has 7 heteroatoms. The predicted octanol–water partition coefficient (Wildman–Crippen LogP) is 3.13. The highest BCUT2D eigenvalue weighted by atomic mass is 79.9. The topological polar surface area (TPSA) is 67.9 Å². The van der Waals surface area contributed by atoms with Gasteiger partial charge in [-0.15, -0.1) is 0 Å². The third-order valence-electron chi connectivity index (χ3n) is 4.27. The number of nitrogens with zero attached hydrogens (tertiary/aromatic N) is 1. The second-order valence-corrected chi connectivity index (χ2v) is 6.77. The van der Waals surface area contributed by atoms with Gasteiger partial charge in [-0.05, 0) is 23.3 Å². The van der Waals surface area contributed by atoms with E-state index in [1.807, 2.05) is 30.3 Å². The number of urea groups is 1. The summed E-state index contributed by atoms with van der Waals surface area (Å²) in [5, 5.41) is 2.76. The van der Waals surface area contributed by atoms with Crippen LogP contribution in [-0.2, 0) is 17.8 Å². The Labute approximate surface area is 160 Å². The van der Waals surface area contributed by atoms with Gasteiger partial charge in [-0.3, -0.25) is 9.69 Å². The quantitative estimate of drug-likeness (QED) is 0.731. The van der Waals surface area contributed by atoms with Crippen molar-refractivity contribution in [2.24, 2.45) is 0 Å². The Balaban J connectivity index is 1.78. The maximum Gasteiger partial charge on any atom is 0.325 e. The van der Waals surface area contributed by atoms with Crippen LogP contribution < -0.4 is 14.8 Å². The third-order valence-corrected chi connectivity index (χ3v) is 5.01. The summed E-state index contributed by atoms with van der Waals surface area (Å²) in [6.45, 7) is 0.150. The molecule has 0 spiro atoms. The van der Waals surface area contributed by atoms with E-state index in [9.17, 15) is 9.59 Å². The molecule has 6 nitrogen and oxygen atoms in total. The molecule has 2 aromatic rings. The molecule has 0 saturated carbocycles. The van der Waals surface area contributed by atoms with Gasteiger partial charge in [0.2, 0.25) is 0 Å². The van der Waals surface area contributed by atoms with Crippen molar-refractivity contribution >= 4 is 27.9 Å². The summed E-state index contributed by atoms with van der Waals surface area (Å²) in [7, 11) is 3.09. The molecule has 0 radical (unpaired) electrons. The second-order valence-electron chi connectivity index (χ2n) is 5.91. The van der Waals surface area contributed by atoms with Crippen molar-refractivity contribution in [1.29, 1.82) is 0 Å². The van der Waals surface area contributed by atoms with Crippen molar-refractivity contribution < 1.29 is 19.1 Å². The molecule has 0 aromatic heterocycles. The minimum absolute atomic E-state index is 0.150. The van der Waals surface area contributed by atoms with E-state index in [4.69, 9.17) is 9.47 Å². The van der Waals surface area contributed by atoms with Crippen LogP contribution >= 0.6 is 15.9 Å². The Morgan fingerprint density at radius 1 is 1.08 bits per heavy atom. The molecule has 1 atom stereocenters. The average molecular weight is 419 g/mol. The molecule has 3 amide bonds. The van der Waals surface area contributed by atoms with Gasteiger partial charge < -0.3 is 14.8 Å². The van der Waals surface area contributed by atoms with Crippen LogP contribution in [0.25, 0.3) is 0 Å². The van der Waals surface area contributed by atoms with Crippen molar-refractivity contribution in [2.75, 3.05) is 14.2 Å². The summed E-state index contributed by atoms with van der Waals surface area (Å²) in [6.07, 6.45) is 0.467. The molecule has 1 aliphatic heterocycles. The van der Waals surface area contributed by atoms with Gasteiger partial charge in [-0.1, -0.05) is 46.3 Å². The van der Waals surface area contributed by atoms with E-state index in [1.54, 1.807) is 26.4 Å². The average Bonchev–Trinajstić information content (AvgIpc) is 2.91. The predicted molar refractivity (Wildman–Crippen MR) is 100 cm³/mol. The van der Waals surface area contributed by atoms with Gasteiger partial charge in [0, 0.05) is 10.9 Å². The highest BCUT2D eigenvalue weighted by Crippen LogP contribution is 2.34. The fourth-order valence-electron chi connectivity index (χ4n) is 2.90. The van der Waals surface area contributed by atoms with Gasteiger partial charge in [-0.25, -0.2) is 4.79 Å². The molecule has 26 heavy (non-hydrogen) atoms. The van der Waals surface area contributed by atoms with Crippen LogP contribution in [0.15, 0.2) is 46.9 Å². The minimum atomic E-state index is -0.552. The summed E-state index contributed by atoms with van der Waals surface area (Å²) >= 11 is 3.46. The molecule has 1 aliphatic rings. The van der Waals surface area contributed by atoms with Crippen LogP contribution in [0, 0.1) is 0 Å². The second kappa shape index (κ2) is 7.78. The first-order valence-corrected chi connectivity index (χ1v) is 8.89. The highest BCUT2D eigenvalue weighted by molar-refractivity contribution is 9.10. The number of amides is 3. The van der Waals surface area contributed by atoms with Crippen molar-refractivity contribution in [3.63, 3.8) is 0 Å². The van der Waals surface area contributed by atoms with Gasteiger partial charge in [-0.2, -0.15) is 0 Å². The molecule has 136 valence electrons. The number of hydrogen-bond acceptors (Lipinski definition) is 4. The first kappa shape index (κ1) is 18.3. The maximum absolute atomic E-state index is 12.7. The van der Waals surface area contributed by atoms with Crippen LogP contribution in [0.2, 0.25) is 0 Å². The lowest BCUT2D eigenvalue weighted by Crippen LogP contribution is -2.32. The molecule has 1 N–H and O–H groups in total. The maximum atomic E-state index is 12.7. The zero-order valence-corrected chi connectivity index (χ0v) is 16.1. The summed E-state index contributed by atoms with van der Waals surface area (Å²) in [5.74, 6) is 0.876. The number of rotatable bonds is 6. The Morgan fingerprint density at radius 2 is 1.73 bits per heavy atom. The van der Waals surface area contributed by atoms with Crippen LogP contribution in [-0.4, -0.2) is 37.1 Å². The lowest BCUT2D eigenvalue weighted by atomic mass is 10.1. The zero-order valence-electron chi connectivity index (χ0n) is 14.5. The number of ether oxygens (including phenoxy) is 2. The first-order valence-electron chi connectivity index (χ1n) is 8.09. The highest BCUT2D eigenvalue weighted by Gasteiger charge is 2.38. The number of nitrogens with one attached hydrogen (secondary N) is 1. The molecular formula is C19H19BrN2O4. The monoisotopic (exact) mass is 418 g/mol. The molecule has 1 unspecified atom stereocenters. The van der Waals surface area contributed by atoms with Crippen molar-refractivity contribution in [1.82, 2.24) is 10.2 Å². The Kier molecular flexibility index (Phi) is 5.46. The van der Waals surface area contributed by atoms with Gasteiger partial charge in [0.25, 0.3) is 5.91 Å². The fourth-order valence-corrected chi connectivity index (χ4v) is 3.35. The van der Waals surface area contributed by atoms with Crippen LogP contribution in [0.3, 0.4) is 0 Å². The van der Waals surface area contributed by atoms with E-state index >= 15 is 0 Å². The minimum Gasteiger partial charge on any atom is -0.493 e. The van der Waals surface area contributed by atoms with Crippen molar-refractivity contribution in [3.05, 3.63) is 58.1 Å². The van der Waals surface area contributed by atoms with Gasteiger partial charge in [0.05, 0.1) is 20.8 Å². The Morgan fingerprint density at radius 3 is 2.38 bits per heavy atom. The summed E-state index contributed by atoms with van der Waals surface area (Å²) in [5.41, 5.74) is 1.76. The molecule has 2 aromatic carbocycles. The number of halogens is 1. The van der Waals surface area contributed by atoms with Crippen molar-refractivity contribution in [3.8, 4) is 11.5 Å². The number of imide groups is 1. The Bertz CT molecular complexity index is 826. The molecule has 3 rings (SSSR count). The van der Waals surface area contributed by atoms with E-state index in [0.29, 0.717) is 17.9 Å². The molecule has 0 aliphatic carbocycles. The molecule has 1 saturated heterocycles. The molecule has 1 fully saturated rings. The van der Waals surface area contributed by atoms with Crippen molar-refractivity contribution in [2.45, 2.75) is 19.0 Å². The lowest BCUT2D eigenvalue weighted by Gasteiger charge is -2.16. The molecule has 1 heterocycles. The van der Waals surface area contributed by atoms with E-state index in [1.165, 1.54) is 4.90 Å². The first-order chi connectivity index (χ1) is 12.5. The zero-order chi connectivity index (χ0) is 18.7. The van der Waals surface area contributed by atoms with Gasteiger partial charge in [0.15, 0.2) is 11.5 Å². The SMILES string of the molecule is COc1cc(Br)c(CN2C(=O)NC(Cc3ccccc3)C2=O)cc1OC. The standard InChI is InChI=1S/C19H19BrN2O4/c1-25-16-9-13(14(20)10-17(16)26-2)11-22-18(23)15(21-19(22)24)8-12-6-4-3-5-7-12/h3-7,9-10,15H,8,11H2,1-2H3,(H,21,24). The number of hydrogen-bond donors (Lipinski definition) is 1. The third kappa shape index (κ3) is 3.67. The van der Waals surface area contributed by atoms with Gasteiger partial charge in [0.1, 0.15) is 6.04 Å². The summed E-state index contributed by atoms with van der Waals surface area (Å²) in [4.78, 5) is 26.2. The van der Waals surface area contributed by atoms with Crippen LogP contribution in [0.1, 0.15) is 11.1 Å². The van der Waals surface area contributed by atoms with E-state index in [-0.39, 0.29) is 12.5 Å². The molecule has 0 bridgehead atoms. The van der Waals surface area contributed by atoms with E-state index < -0.39 is 12.1 Å². The summed E-state index contributed by atoms with van der Waals surface area (Å²) in [6, 6.07) is 12.2. The normalized spacial score (nSPS) is 16.6. The number of benzene rings is 2. The summed E-state index contributed by atoms with van der Waals surface area (Å²) < 4.78 is 11.3. The van der Waals surface area contributed by atoms with E-state index in [2.05, 4.69) is 21.2 Å². The van der Waals surface area contributed by atoms with E-state index in [0.717, 1.165) is 15.6 Å². The van der Waals surface area contributed by atoms with Crippen LogP contribution in [0.4, 0.5) is 4.79 Å². The van der Waals surface area contributed by atoms with Crippen LogP contribution in [0.5, 0.6) is 11.5 Å². The Hall–Kier alpha value is -2.54.